The number of benzene rings is 1. The highest BCUT2D eigenvalue weighted by Gasteiger charge is 2.32. The molecule has 1 aromatic rings. The average Bonchev–Trinajstić information content (AvgIpc) is 3.02. The van der Waals surface area contributed by atoms with Crippen LogP contribution in [0, 0.1) is 9.39 Å². The molecule has 0 saturated heterocycles. The Morgan fingerprint density at radius 2 is 2.25 bits per heavy atom. The van der Waals surface area contributed by atoms with E-state index in [9.17, 15) is 9.18 Å². The maximum atomic E-state index is 12.9. The molecule has 0 aromatic heterocycles. The van der Waals surface area contributed by atoms with Crippen LogP contribution >= 0.6 is 22.6 Å². The van der Waals surface area contributed by atoms with Crippen LogP contribution in [0.25, 0.3) is 0 Å². The second-order valence-corrected chi connectivity index (χ2v) is 5.11. The van der Waals surface area contributed by atoms with E-state index < -0.39 is 0 Å². The van der Waals surface area contributed by atoms with E-state index >= 15 is 0 Å². The van der Waals surface area contributed by atoms with Crippen molar-refractivity contribution in [3.63, 3.8) is 0 Å². The quantitative estimate of drug-likeness (QED) is 0.779. The first-order valence-electron chi connectivity index (χ1n) is 5.39. The van der Waals surface area contributed by atoms with E-state index in [1.807, 2.05) is 34.4 Å². The lowest BCUT2D eigenvalue weighted by Crippen LogP contribution is -2.33. The molecule has 1 aliphatic rings. The Labute approximate surface area is 108 Å². The molecule has 4 heteroatoms. The topological polar surface area (TPSA) is 20.3 Å². The predicted molar refractivity (Wildman–Crippen MR) is 68.8 cm³/mol. The van der Waals surface area contributed by atoms with E-state index in [-0.39, 0.29) is 11.7 Å². The second kappa shape index (κ2) is 4.69. The molecule has 0 N–H and O–H groups in total. The summed E-state index contributed by atoms with van der Waals surface area (Å²) in [6.45, 7) is 2.70. The Balaban J connectivity index is 2.25. The minimum Gasteiger partial charge on any atom is -0.336 e. The summed E-state index contributed by atoms with van der Waals surface area (Å²) < 4.78 is 13.6. The third-order valence-electron chi connectivity index (χ3n) is 2.75. The SMILES string of the molecule is CCN(C(=O)c1ccc(F)cc1I)C1CC1. The van der Waals surface area contributed by atoms with Gasteiger partial charge in [-0.25, -0.2) is 4.39 Å². The van der Waals surface area contributed by atoms with Crippen molar-refractivity contribution >= 4 is 28.5 Å². The van der Waals surface area contributed by atoms with Crippen LogP contribution < -0.4 is 0 Å². The lowest BCUT2D eigenvalue weighted by atomic mass is 10.2. The first kappa shape index (κ1) is 11.8. The van der Waals surface area contributed by atoms with Crippen LogP contribution in [0.2, 0.25) is 0 Å². The van der Waals surface area contributed by atoms with Crippen molar-refractivity contribution in [1.82, 2.24) is 4.90 Å². The standard InChI is InChI=1S/C12H13FINO/c1-2-15(9-4-5-9)12(16)10-6-3-8(13)7-11(10)14/h3,6-7,9H,2,4-5H2,1H3. The van der Waals surface area contributed by atoms with Crippen molar-refractivity contribution in [1.29, 1.82) is 0 Å². The molecular formula is C12H13FINO. The number of hydrogen-bond donors (Lipinski definition) is 0. The van der Waals surface area contributed by atoms with E-state index in [0.29, 0.717) is 15.2 Å². The highest BCUT2D eigenvalue weighted by molar-refractivity contribution is 14.1. The van der Waals surface area contributed by atoms with Gasteiger partial charge in [-0.15, -0.1) is 0 Å². The number of amides is 1. The number of rotatable bonds is 3. The third kappa shape index (κ3) is 2.36. The summed E-state index contributed by atoms with van der Waals surface area (Å²) in [5.74, 6) is -0.273. The van der Waals surface area contributed by atoms with Crippen LogP contribution in [0.3, 0.4) is 0 Å². The number of halogens is 2. The zero-order valence-electron chi connectivity index (χ0n) is 9.04. The van der Waals surface area contributed by atoms with Crippen LogP contribution in [0.1, 0.15) is 30.1 Å². The molecule has 0 spiro atoms. The maximum absolute atomic E-state index is 12.9. The molecule has 1 aromatic carbocycles. The van der Waals surface area contributed by atoms with Crippen molar-refractivity contribution in [2.45, 2.75) is 25.8 Å². The maximum Gasteiger partial charge on any atom is 0.255 e. The molecule has 0 bridgehead atoms. The molecule has 2 rings (SSSR count). The summed E-state index contributed by atoms with van der Waals surface area (Å²) in [4.78, 5) is 14.1. The first-order valence-corrected chi connectivity index (χ1v) is 6.47. The van der Waals surface area contributed by atoms with Crippen LogP contribution in [0.4, 0.5) is 4.39 Å². The van der Waals surface area contributed by atoms with E-state index in [1.165, 1.54) is 12.1 Å². The van der Waals surface area contributed by atoms with E-state index in [0.717, 1.165) is 19.4 Å². The normalized spacial score (nSPS) is 14.9. The van der Waals surface area contributed by atoms with Gasteiger partial charge in [-0.2, -0.15) is 0 Å². The zero-order valence-corrected chi connectivity index (χ0v) is 11.2. The Morgan fingerprint density at radius 1 is 1.56 bits per heavy atom. The van der Waals surface area contributed by atoms with Crippen molar-refractivity contribution in [3.05, 3.63) is 33.1 Å². The summed E-state index contributed by atoms with van der Waals surface area (Å²) in [5, 5.41) is 0. The highest BCUT2D eigenvalue weighted by Crippen LogP contribution is 2.28. The Bertz CT molecular complexity index is 417. The van der Waals surface area contributed by atoms with Crippen molar-refractivity contribution in [3.8, 4) is 0 Å². The van der Waals surface area contributed by atoms with Gasteiger partial charge in [0.05, 0.1) is 5.56 Å². The van der Waals surface area contributed by atoms with Crippen molar-refractivity contribution < 1.29 is 9.18 Å². The van der Waals surface area contributed by atoms with Crippen LogP contribution in [-0.2, 0) is 0 Å². The molecule has 0 radical (unpaired) electrons. The monoisotopic (exact) mass is 333 g/mol. The van der Waals surface area contributed by atoms with Gasteiger partial charge in [0.15, 0.2) is 0 Å². The number of carbonyl (C=O) groups is 1. The van der Waals surface area contributed by atoms with Gasteiger partial charge in [0, 0.05) is 16.2 Å². The fraction of sp³-hybridized carbons (Fsp3) is 0.417. The molecule has 0 heterocycles. The van der Waals surface area contributed by atoms with Gasteiger partial charge >= 0.3 is 0 Å². The molecule has 16 heavy (non-hydrogen) atoms. The van der Waals surface area contributed by atoms with Crippen LogP contribution in [0.15, 0.2) is 18.2 Å². The molecule has 0 aliphatic heterocycles. The van der Waals surface area contributed by atoms with Crippen molar-refractivity contribution in [2.24, 2.45) is 0 Å². The molecule has 86 valence electrons. The van der Waals surface area contributed by atoms with Gasteiger partial charge in [0.25, 0.3) is 5.91 Å². The Morgan fingerprint density at radius 3 is 2.75 bits per heavy atom. The Kier molecular flexibility index (Phi) is 3.47. The fourth-order valence-corrected chi connectivity index (χ4v) is 2.48. The molecular weight excluding hydrogens is 320 g/mol. The fourth-order valence-electron chi connectivity index (χ4n) is 1.77. The summed E-state index contributed by atoms with van der Waals surface area (Å²) in [6, 6.07) is 4.72. The highest BCUT2D eigenvalue weighted by atomic mass is 127. The minimum atomic E-state index is -0.296. The summed E-state index contributed by atoms with van der Waals surface area (Å²) in [5.41, 5.74) is 0.607. The molecule has 1 saturated carbocycles. The largest absolute Gasteiger partial charge is 0.336 e. The zero-order chi connectivity index (χ0) is 11.7. The summed E-state index contributed by atoms with van der Waals surface area (Å²) in [6.07, 6.45) is 2.19. The predicted octanol–water partition coefficient (Wildman–Crippen LogP) is 3.05. The average molecular weight is 333 g/mol. The third-order valence-corrected chi connectivity index (χ3v) is 3.64. The number of nitrogens with zero attached hydrogens (tertiary/aromatic N) is 1. The van der Waals surface area contributed by atoms with Crippen LogP contribution in [-0.4, -0.2) is 23.4 Å². The molecule has 1 amide bonds. The second-order valence-electron chi connectivity index (χ2n) is 3.95. The molecule has 0 atom stereocenters. The summed E-state index contributed by atoms with van der Waals surface area (Å²) >= 11 is 2.01. The van der Waals surface area contributed by atoms with E-state index in [2.05, 4.69) is 0 Å². The molecule has 1 fully saturated rings. The molecule has 1 aliphatic carbocycles. The van der Waals surface area contributed by atoms with E-state index in [4.69, 9.17) is 0 Å². The van der Waals surface area contributed by atoms with Gasteiger partial charge in [-0.3, -0.25) is 4.79 Å². The van der Waals surface area contributed by atoms with E-state index in [1.54, 1.807) is 6.07 Å². The minimum absolute atomic E-state index is 0.0226. The van der Waals surface area contributed by atoms with Crippen molar-refractivity contribution in [2.75, 3.05) is 6.54 Å². The van der Waals surface area contributed by atoms with Gasteiger partial charge in [0.1, 0.15) is 5.82 Å². The van der Waals surface area contributed by atoms with Gasteiger partial charge in [-0.05, 0) is 60.6 Å². The molecule has 2 nitrogen and oxygen atoms in total. The first-order chi connectivity index (χ1) is 7.63. The number of hydrogen-bond acceptors (Lipinski definition) is 1. The van der Waals surface area contributed by atoms with Gasteiger partial charge in [-0.1, -0.05) is 0 Å². The van der Waals surface area contributed by atoms with Gasteiger partial charge < -0.3 is 4.90 Å². The summed E-state index contributed by atoms with van der Waals surface area (Å²) in [7, 11) is 0. The Hall–Kier alpha value is -0.650. The molecule has 0 unspecified atom stereocenters. The lowest BCUT2D eigenvalue weighted by molar-refractivity contribution is 0.0751. The smallest absolute Gasteiger partial charge is 0.255 e. The lowest BCUT2D eigenvalue weighted by Gasteiger charge is -2.20. The van der Waals surface area contributed by atoms with Crippen LogP contribution in [0.5, 0.6) is 0 Å². The number of carbonyl (C=O) groups excluding carboxylic acids is 1. The van der Waals surface area contributed by atoms with Gasteiger partial charge in [0.2, 0.25) is 0 Å².